The number of carbonyl (C=O) groups excluding carboxylic acids is 1. The maximum absolute atomic E-state index is 12.0. The van der Waals surface area contributed by atoms with E-state index in [0.29, 0.717) is 24.4 Å². The van der Waals surface area contributed by atoms with Crippen LogP contribution in [0.1, 0.15) is 29.7 Å². The van der Waals surface area contributed by atoms with Gasteiger partial charge in [-0.05, 0) is 25.5 Å². The molecule has 1 aliphatic heterocycles. The van der Waals surface area contributed by atoms with Crippen LogP contribution in [0.4, 0.5) is 0 Å². The molecule has 0 aromatic carbocycles. The molecule has 3 unspecified atom stereocenters. The molecule has 2 rings (SSSR count). The minimum atomic E-state index is -1.000. The lowest BCUT2D eigenvalue weighted by Gasteiger charge is -2.12. The molecule has 16 heavy (non-hydrogen) atoms. The molecule has 0 radical (unpaired) electrons. The van der Waals surface area contributed by atoms with Crippen molar-refractivity contribution in [2.24, 2.45) is 0 Å². The molecule has 1 fully saturated rings. The fourth-order valence-corrected chi connectivity index (χ4v) is 3.35. The third-order valence-electron chi connectivity index (χ3n) is 2.73. The lowest BCUT2D eigenvalue weighted by atomic mass is 10.3. The topological polar surface area (TPSA) is 56.5 Å². The third-order valence-corrected chi connectivity index (χ3v) is 4.59. The Morgan fingerprint density at radius 1 is 1.56 bits per heavy atom. The molecule has 0 aliphatic carbocycles. The van der Waals surface area contributed by atoms with E-state index in [1.54, 1.807) is 12.1 Å². The lowest BCUT2D eigenvalue weighted by Crippen LogP contribution is -2.23. The Bertz CT molecular complexity index is 398. The van der Waals surface area contributed by atoms with Gasteiger partial charge in [0, 0.05) is 17.4 Å². The van der Waals surface area contributed by atoms with Crippen molar-refractivity contribution in [2.45, 2.75) is 30.5 Å². The summed E-state index contributed by atoms with van der Waals surface area (Å²) in [6.07, 6.45) is 1.52. The fraction of sp³-hybridized carbons (Fsp3) is 0.545. The van der Waals surface area contributed by atoms with E-state index in [4.69, 9.17) is 9.15 Å². The molecule has 88 valence electrons. The zero-order valence-electron chi connectivity index (χ0n) is 9.05. The van der Waals surface area contributed by atoms with E-state index in [-0.39, 0.29) is 17.1 Å². The van der Waals surface area contributed by atoms with E-state index in [1.165, 1.54) is 0 Å². The van der Waals surface area contributed by atoms with E-state index in [9.17, 15) is 9.00 Å². The lowest BCUT2D eigenvalue weighted by molar-refractivity contribution is 0.109. The molecule has 0 saturated carbocycles. The van der Waals surface area contributed by atoms with Crippen molar-refractivity contribution < 1.29 is 18.2 Å². The smallest absolute Gasteiger partial charge is 0.185 e. The van der Waals surface area contributed by atoms with Crippen molar-refractivity contribution in [3.8, 4) is 0 Å². The van der Waals surface area contributed by atoms with Crippen LogP contribution >= 0.6 is 0 Å². The Kier molecular flexibility index (Phi) is 3.56. The first-order chi connectivity index (χ1) is 7.70. The number of hydrogen-bond donors (Lipinski definition) is 0. The minimum Gasteiger partial charge on any atom is -0.457 e. The molecule has 4 nitrogen and oxygen atoms in total. The van der Waals surface area contributed by atoms with Gasteiger partial charge in [-0.25, -0.2) is 0 Å². The molecule has 1 saturated heterocycles. The summed E-state index contributed by atoms with van der Waals surface area (Å²) in [5.41, 5.74) is 0. The van der Waals surface area contributed by atoms with Gasteiger partial charge in [0.2, 0.25) is 0 Å². The molecule has 0 spiro atoms. The van der Waals surface area contributed by atoms with Crippen molar-refractivity contribution in [3.63, 3.8) is 0 Å². The molecule has 0 N–H and O–H groups in total. The van der Waals surface area contributed by atoms with Crippen LogP contribution < -0.4 is 0 Å². The second-order valence-electron chi connectivity index (χ2n) is 3.85. The highest BCUT2D eigenvalue weighted by atomic mass is 32.2. The number of aldehydes is 1. The summed E-state index contributed by atoms with van der Waals surface area (Å²) < 4.78 is 22.6. The van der Waals surface area contributed by atoms with Crippen LogP contribution in [-0.2, 0) is 21.3 Å². The molecule has 1 aromatic heterocycles. The van der Waals surface area contributed by atoms with E-state index in [1.807, 2.05) is 6.92 Å². The number of hydrogen-bond acceptors (Lipinski definition) is 4. The summed E-state index contributed by atoms with van der Waals surface area (Å²) >= 11 is 0. The fourth-order valence-electron chi connectivity index (χ4n) is 1.84. The van der Waals surface area contributed by atoms with Gasteiger partial charge < -0.3 is 9.15 Å². The van der Waals surface area contributed by atoms with Crippen molar-refractivity contribution in [2.75, 3.05) is 6.61 Å². The normalized spacial score (nSPS) is 26.8. The summed E-state index contributed by atoms with van der Waals surface area (Å²) in [6, 6.07) is 3.29. The molecule has 0 bridgehead atoms. The van der Waals surface area contributed by atoms with Crippen LogP contribution in [-0.4, -0.2) is 28.5 Å². The van der Waals surface area contributed by atoms with Crippen LogP contribution in [0.2, 0.25) is 0 Å². The van der Waals surface area contributed by atoms with Gasteiger partial charge in [-0.3, -0.25) is 9.00 Å². The zero-order valence-corrected chi connectivity index (χ0v) is 9.87. The summed E-state index contributed by atoms with van der Waals surface area (Å²) in [4.78, 5) is 10.4. The van der Waals surface area contributed by atoms with Crippen LogP contribution in [0.5, 0.6) is 0 Å². The molecule has 3 atom stereocenters. The van der Waals surface area contributed by atoms with E-state index in [2.05, 4.69) is 0 Å². The van der Waals surface area contributed by atoms with Crippen molar-refractivity contribution in [1.29, 1.82) is 0 Å². The van der Waals surface area contributed by atoms with Gasteiger partial charge >= 0.3 is 0 Å². The van der Waals surface area contributed by atoms with Crippen LogP contribution in [0, 0.1) is 0 Å². The first-order valence-corrected chi connectivity index (χ1v) is 6.61. The summed E-state index contributed by atoms with van der Waals surface area (Å²) in [6.45, 7) is 2.61. The summed E-state index contributed by atoms with van der Waals surface area (Å²) in [5, 5.41) is 0.0739. The average Bonchev–Trinajstić information content (AvgIpc) is 2.86. The van der Waals surface area contributed by atoms with Crippen LogP contribution in [0.3, 0.4) is 0 Å². The minimum absolute atomic E-state index is 0.0429. The molecule has 0 amide bonds. The van der Waals surface area contributed by atoms with Gasteiger partial charge in [0.05, 0.1) is 17.1 Å². The first-order valence-electron chi connectivity index (χ1n) is 5.23. The highest BCUT2D eigenvalue weighted by Crippen LogP contribution is 2.21. The van der Waals surface area contributed by atoms with Gasteiger partial charge in [-0.1, -0.05) is 0 Å². The Hall–Kier alpha value is -0.940. The van der Waals surface area contributed by atoms with Gasteiger partial charge in [0.25, 0.3) is 0 Å². The Balaban J connectivity index is 1.98. The van der Waals surface area contributed by atoms with Crippen molar-refractivity contribution >= 4 is 17.1 Å². The molecular weight excluding hydrogens is 228 g/mol. The maximum atomic E-state index is 12.0. The van der Waals surface area contributed by atoms with Crippen molar-refractivity contribution in [3.05, 3.63) is 23.7 Å². The summed E-state index contributed by atoms with van der Waals surface area (Å²) in [7, 11) is -1.000. The van der Waals surface area contributed by atoms with Gasteiger partial charge in [-0.2, -0.15) is 0 Å². The second kappa shape index (κ2) is 4.93. The number of furan rings is 1. The van der Waals surface area contributed by atoms with E-state index >= 15 is 0 Å². The number of ether oxygens (including phenoxy) is 1. The Labute approximate surface area is 96.4 Å². The highest BCUT2D eigenvalue weighted by molar-refractivity contribution is 7.84. The van der Waals surface area contributed by atoms with E-state index < -0.39 is 10.8 Å². The highest BCUT2D eigenvalue weighted by Gasteiger charge is 2.29. The second-order valence-corrected chi connectivity index (χ2v) is 5.51. The molecule has 5 heteroatoms. The number of carbonyl (C=O) groups is 1. The quantitative estimate of drug-likeness (QED) is 0.751. The predicted octanol–water partition coefficient (Wildman–Crippen LogP) is 1.52. The molecular formula is C11H14O4S. The predicted molar refractivity (Wildman–Crippen MR) is 59.8 cm³/mol. The largest absolute Gasteiger partial charge is 0.457 e. The Morgan fingerprint density at radius 2 is 2.38 bits per heavy atom. The number of rotatable bonds is 4. The Morgan fingerprint density at radius 3 is 2.94 bits per heavy atom. The SMILES string of the molecule is CC1OCCC1S(=O)Cc1ccc(C=O)o1. The zero-order chi connectivity index (χ0) is 11.5. The third kappa shape index (κ3) is 2.41. The van der Waals surface area contributed by atoms with Crippen LogP contribution in [0.25, 0.3) is 0 Å². The molecule has 2 heterocycles. The van der Waals surface area contributed by atoms with Crippen molar-refractivity contribution in [1.82, 2.24) is 0 Å². The average molecular weight is 242 g/mol. The van der Waals surface area contributed by atoms with Gasteiger partial charge in [0.15, 0.2) is 12.0 Å². The van der Waals surface area contributed by atoms with Gasteiger partial charge in [0.1, 0.15) is 5.76 Å². The monoisotopic (exact) mass is 242 g/mol. The molecule has 1 aromatic rings. The maximum Gasteiger partial charge on any atom is 0.185 e. The van der Waals surface area contributed by atoms with Gasteiger partial charge in [-0.15, -0.1) is 0 Å². The first kappa shape index (κ1) is 11.5. The van der Waals surface area contributed by atoms with E-state index in [0.717, 1.165) is 6.42 Å². The summed E-state index contributed by atoms with van der Waals surface area (Å²) in [5.74, 6) is 1.23. The van der Waals surface area contributed by atoms with Crippen LogP contribution in [0.15, 0.2) is 16.5 Å². The molecule has 1 aliphatic rings. The standard InChI is InChI=1S/C11H14O4S/c1-8-11(4-5-14-8)16(13)7-10-3-2-9(6-12)15-10/h2-3,6,8,11H,4-5,7H2,1H3.